The molecule has 1 fully saturated rings. The monoisotopic (exact) mass is 264 g/mol. The summed E-state index contributed by atoms with van der Waals surface area (Å²) in [7, 11) is 0. The number of carbonyl (C=O) groups is 1. The first-order valence-electron chi connectivity index (χ1n) is 6.41. The highest BCUT2D eigenvalue weighted by molar-refractivity contribution is 5.85. The number of carbonyl (C=O) groups excluding carboxylic acids is 1. The Kier molecular flexibility index (Phi) is 9.50. The smallest absolute Gasteiger partial charge is 0.249 e. The highest BCUT2D eigenvalue weighted by Gasteiger charge is 2.22. The molecule has 102 valence electrons. The molecule has 5 heteroatoms. The fourth-order valence-corrected chi connectivity index (χ4v) is 2.09. The van der Waals surface area contributed by atoms with Crippen LogP contribution in [0.5, 0.6) is 0 Å². The molecule has 0 spiro atoms. The molecule has 0 aromatic heterocycles. The van der Waals surface area contributed by atoms with E-state index in [0.717, 1.165) is 19.3 Å². The van der Waals surface area contributed by atoms with Gasteiger partial charge in [-0.1, -0.05) is 26.2 Å². The topological polar surface area (TPSA) is 64.3 Å². The van der Waals surface area contributed by atoms with E-state index in [1.807, 2.05) is 6.92 Å². The van der Waals surface area contributed by atoms with Gasteiger partial charge < -0.3 is 15.8 Å². The van der Waals surface area contributed by atoms with E-state index in [0.29, 0.717) is 13.1 Å². The maximum Gasteiger partial charge on any atom is 0.249 e. The van der Waals surface area contributed by atoms with Gasteiger partial charge in [0, 0.05) is 13.1 Å². The molecule has 1 aliphatic carbocycles. The largest absolute Gasteiger partial charge is 0.365 e. The highest BCUT2D eigenvalue weighted by atomic mass is 35.5. The molecule has 1 aliphatic rings. The molecular weight excluding hydrogens is 240 g/mol. The van der Waals surface area contributed by atoms with Crippen molar-refractivity contribution in [1.82, 2.24) is 5.32 Å². The first-order chi connectivity index (χ1) is 7.77. The zero-order valence-electron chi connectivity index (χ0n) is 10.6. The van der Waals surface area contributed by atoms with Gasteiger partial charge in [0.1, 0.15) is 6.10 Å². The Morgan fingerprint density at radius 3 is 2.59 bits per heavy atom. The lowest BCUT2D eigenvalue weighted by Gasteiger charge is -2.26. The molecule has 4 nitrogen and oxygen atoms in total. The van der Waals surface area contributed by atoms with Crippen molar-refractivity contribution in [2.24, 2.45) is 5.73 Å². The van der Waals surface area contributed by atoms with E-state index in [4.69, 9.17) is 10.5 Å². The Balaban J connectivity index is 0.00000256. The van der Waals surface area contributed by atoms with Gasteiger partial charge in [-0.2, -0.15) is 0 Å². The number of hydrogen-bond acceptors (Lipinski definition) is 3. The van der Waals surface area contributed by atoms with Gasteiger partial charge in [0.25, 0.3) is 0 Å². The molecule has 0 aliphatic heterocycles. The summed E-state index contributed by atoms with van der Waals surface area (Å²) in [4.78, 5) is 11.7. The Bertz CT molecular complexity index is 209. The number of nitrogens with two attached hydrogens (primary N) is 1. The minimum absolute atomic E-state index is 0. The van der Waals surface area contributed by atoms with E-state index in [1.54, 1.807) is 0 Å². The van der Waals surface area contributed by atoms with Crippen molar-refractivity contribution < 1.29 is 9.53 Å². The molecule has 0 bridgehead atoms. The van der Waals surface area contributed by atoms with Gasteiger partial charge in [-0.15, -0.1) is 12.4 Å². The minimum Gasteiger partial charge on any atom is -0.365 e. The zero-order chi connectivity index (χ0) is 11.8. The molecule has 0 aromatic rings. The molecule has 3 N–H and O–H groups in total. The predicted molar refractivity (Wildman–Crippen MR) is 71.3 cm³/mol. The van der Waals surface area contributed by atoms with Crippen molar-refractivity contribution in [3.8, 4) is 0 Å². The summed E-state index contributed by atoms with van der Waals surface area (Å²) in [5.41, 5.74) is 5.35. The third kappa shape index (κ3) is 6.24. The molecule has 1 unspecified atom stereocenters. The van der Waals surface area contributed by atoms with E-state index in [2.05, 4.69) is 5.32 Å². The van der Waals surface area contributed by atoms with Crippen LogP contribution in [0.4, 0.5) is 0 Å². The maximum atomic E-state index is 11.7. The molecule has 17 heavy (non-hydrogen) atoms. The number of rotatable bonds is 6. The first kappa shape index (κ1) is 16.7. The van der Waals surface area contributed by atoms with Crippen LogP contribution < -0.4 is 11.1 Å². The maximum absolute atomic E-state index is 11.7. The molecule has 0 heterocycles. The number of halogens is 1. The third-order valence-corrected chi connectivity index (χ3v) is 3.02. The summed E-state index contributed by atoms with van der Waals surface area (Å²) in [6, 6.07) is 0. The second kappa shape index (κ2) is 9.68. The third-order valence-electron chi connectivity index (χ3n) is 3.02. The van der Waals surface area contributed by atoms with Crippen LogP contribution in [0.1, 0.15) is 45.4 Å². The molecule has 1 rings (SSSR count). The Morgan fingerprint density at radius 1 is 1.41 bits per heavy atom. The second-order valence-electron chi connectivity index (χ2n) is 4.37. The number of hydrogen-bond donors (Lipinski definition) is 2. The average molecular weight is 265 g/mol. The molecule has 1 atom stereocenters. The van der Waals surface area contributed by atoms with Crippen LogP contribution in [0.15, 0.2) is 0 Å². The molecule has 0 aromatic carbocycles. The standard InChI is InChI=1S/C12H24N2O2.ClH/c1-2-11(12(15)14-9-8-13)16-10-6-4-3-5-7-10;/h10-11H,2-9,13H2,1H3,(H,14,15);1H. The first-order valence-corrected chi connectivity index (χ1v) is 6.41. The second-order valence-corrected chi connectivity index (χ2v) is 4.37. The van der Waals surface area contributed by atoms with Crippen LogP contribution in [0.2, 0.25) is 0 Å². The van der Waals surface area contributed by atoms with Crippen molar-refractivity contribution in [2.75, 3.05) is 13.1 Å². The van der Waals surface area contributed by atoms with Gasteiger partial charge in [-0.05, 0) is 19.3 Å². The Hall–Kier alpha value is -0.320. The molecule has 0 saturated heterocycles. The van der Waals surface area contributed by atoms with Crippen LogP contribution in [-0.4, -0.2) is 31.2 Å². The predicted octanol–water partition coefficient (Wildman–Crippen LogP) is 1.61. The summed E-state index contributed by atoms with van der Waals surface area (Å²) < 4.78 is 5.85. The summed E-state index contributed by atoms with van der Waals surface area (Å²) in [5, 5.41) is 2.78. The van der Waals surface area contributed by atoms with E-state index >= 15 is 0 Å². The van der Waals surface area contributed by atoms with Gasteiger partial charge in [-0.3, -0.25) is 4.79 Å². The van der Waals surface area contributed by atoms with Crippen LogP contribution in [0.25, 0.3) is 0 Å². The number of amides is 1. The molecular formula is C12H25ClN2O2. The quantitative estimate of drug-likeness (QED) is 0.766. The highest BCUT2D eigenvalue weighted by Crippen LogP contribution is 2.22. The van der Waals surface area contributed by atoms with Crippen LogP contribution in [-0.2, 0) is 9.53 Å². The van der Waals surface area contributed by atoms with Crippen LogP contribution in [0.3, 0.4) is 0 Å². The van der Waals surface area contributed by atoms with Crippen molar-refractivity contribution in [2.45, 2.75) is 57.7 Å². The number of ether oxygens (including phenoxy) is 1. The van der Waals surface area contributed by atoms with Crippen molar-refractivity contribution >= 4 is 18.3 Å². The number of nitrogens with one attached hydrogen (secondary N) is 1. The van der Waals surface area contributed by atoms with Gasteiger partial charge >= 0.3 is 0 Å². The van der Waals surface area contributed by atoms with Crippen LogP contribution >= 0.6 is 12.4 Å². The zero-order valence-corrected chi connectivity index (χ0v) is 11.4. The SMILES string of the molecule is CCC(OC1CCCCC1)C(=O)NCCN.Cl. The summed E-state index contributed by atoms with van der Waals surface area (Å²) in [6.45, 7) is 2.99. The fraction of sp³-hybridized carbons (Fsp3) is 0.917. The Morgan fingerprint density at radius 2 is 2.06 bits per heavy atom. The van der Waals surface area contributed by atoms with Gasteiger partial charge in [0.2, 0.25) is 5.91 Å². The van der Waals surface area contributed by atoms with E-state index in [1.165, 1.54) is 19.3 Å². The lowest BCUT2D eigenvalue weighted by atomic mass is 9.97. The van der Waals surface area contributed by atoms with E-state index in [-0.39, 0.29) is 30.5 Å². The lowest BCUT2D eigenvalue weighted by molar-refractivity contribution is -0.138. The Labute approximate surface area is 110 Å². The van der Waals surface area contributed by atoms with Crippen molar-refractivity contribution in [3.05, 3.63) is 0 Å². The molecule has 1 amide bonds. The van der Waals surface area contributed by atoms with Crippen molar-refractivity contribution in [1.29, 1.82) is 0 Å². The average Bonchev–Trinajstić information content (AvgIpc) is 2.34. The summed E-state index contributed by atoms with van der Waals surface area (Å²) in [6.07, 6.45) is 6.67. The van der Waals surface area contributed by atoms with E-state index in [9.17, 15) is 4.79 Å². The fourth-order valence-electron chi connectivity index (χ4n) is 2.09. The lowest BCUT2D eigenvalue weighted by Crippen LogP contribution is -2.40. The van der Waals surface area contributed by atoms with Gasteiger partial charge in [0.05, 0.1) is 6.10 Å². The van der Waals surface area contributed by atoms with Gasteiger partial charge in [0.15, 0.2) is 0 Å². The van der Waals surface area contributed by atoms with Gasteiger partial charge in [-0.25, -0.2) is 0 Å². The summed E-state index contributed by atoms with van der Waals surface area (Å²) in [5.74, 6) is -0.0153. The normalized spacial score (nSPS) is 18.2. The van der Waals surface area contributed by atoms with Crippen molar-refractivity contribution in [3.63, 3.8) is 0 Å². The van der Waals surface area contributed by atoms with E-state index < -0.39 is 0 Å². The van der Waals surface area contributed by atoms with Crippen LogP contribution in [0, 0.1) is 0 Å². The molecule has 1 saturated carbocycles. The molecule has 0 radical (unpaired) electrons. The summed E-state index contributed by atoms with van der Waals surface area (Å²) >= 11 is 0. The minimum atomic E-state index is -0.297.